The fraction of sp³-hybridized carbons (Fsp3) is 0.524. The number of esters is 1. The molecule has 180 valence electrons. The van der Waals surface area contributed by atoms with Gasteiger partial charge >= 0.3 is 24.1 Å². The van der Waals surface area contributed by atoms with Gasteiger partial charge in [0.15, 0.2) is 5.82 Å². The van der Waals surface area contributed by atoms with E-state index in [1.54, 1.807) is 55.5 Å². The van der Waals surface area contributed by atoms with Crippen molar-refractivity contribution >= 4 is 46.5 Å². The van der Waals surface area contributed by atoms with Crippen LogP contribution in [-0.2, 0) is 30.8 Å². The van der Waals surface area contributed by atoms with Gasteiger partial charge in [-0.3, -0.25) is 9.48 Å². The van der Waals surface area contributed by atoms with Crippen molar-refractivity contribution in [3.05, 3.63) is 12.4 Å². The number of aromatic nitrogens is 3. The van der Waals surface area contributed by atoms with Gasteiger partial charge in [-0.15, -0.1) is 0 Å². The zero-order chi connectivity index (χ0) is 25.1. The Morgan fingerprint density at radius 1 is 1.00 bits per heavy atom. The average Bonchev–Trinajstić information content (AvgIpc) is 3.03. The molecular formula is C21H29N5O7. The van der Waals surface area contributed by atoms with Crippen LogP contribution < -0.4 is 10.2 Å². The van der Waals surface area contributed by atoms with Gasteiger partial charge in [-0.05, 0) is 48.5 Å². The lowest BCUT2D eigenvalue weighted by Crippen LogP contribution is -2.44. The number of aryl methyl sites for hydroxylation is 1. The molecule has 0 spiro atoms. The molecule has 3 amide bonds. The SMILES string of the molecule is CCOC(=O)C(=O)Nc1cnc(N(C(=O)OC(C)(C)C)C(=O)OC(C)(C)C)c2c1cnn2C. The Morgan fingerprint density at radius 2 is 1.55 bits per heavy atom. The summed E-state index contributed by atoms with van der Waals surface area (Å²) in [4.78, 5) is 54.6. The van der Waals surface area contributed by atoms with E-state index >= 15 is 0 Å². The summed E-state index contributed by atoms with van der Waals surface area (Å²) < 4.78 is 16.8. The summed E-state index contributed by atoms with van der Waals surface area (Å²) in [5.41, 5.74) is -1.46. The van der Waals surface area contributed by atoms with Crippen molar-refractivity contribution in [1.82, 2.24) is 14.8 Å². The van der Waals surface area contributed by atoms with E-state index < -0.39 is 35.3 Å². The number of ether oxygens (including phenoxy) is 3. The number of anilines is 2. The van der Waals surface area contributed by atoms with Gasteiger partial charge in [0.25, 0.3) is 0 Å². The quantitative estimate of drug-likeness (QED) is 0.412. The topological polar surface area (TPSA) is 142 Å². The van der Waals surface area contributed by atoms with E-state index in [0.717, 1.165) is 0 Å². The van der Waals surface area contributed by atoms with Crippen molar-refractivity contribution < 1.29 is 33.4 Å². The summed E-state index contributed by atoms with van der Waals surface area (Å²) in [5.74, 6) is -2.20. The van der Waals surface area contributed by atoms with Gasteiger partial charge in [-0.2, -0.15) is 10.00 Å². The number of hydrogen-bond acceptors (Lipinski definition) is 9. The molecule has 0 atom stereocenters. The van der Waals surface area contributed by atoms with Crippen LogP contribution in [0, 0.1) is 0 Å². The Hall–Kier alpha value is -3.70. The summed E-state index contributed by atoms with van der Waals surface area (Å²) in [6.07, 6.45) is 0.576. The molecule has 2 aromatic heterocycles. The normalized spacial score (nSPS) is 11.6. The number of amides is 3. The smallest absolute Gasteiger partial charge is 0.425 e. The van der Waals surface area contributed by atoms with E-state index in [-0.39, 0.29) is 23.6 Å². The molecule has 12 heteroatoms. The summed E-state index contributed by atoms with van der Waals surface area (Å²) in [5, 5.41) is 6.85. The monoisotopic (exact) mass is 463 g/mol. The highest BCUT2D eigenvalue weighted by Gasteiger charge is 2.36. The summed E-state index contributed by atoms with van der Waals surface area (Å²) in [6.45, 7) is 11.5. The molecule has 0 aliphatic carbocycles. The van der Waals surface area contributed by atoms with E-state index in [1.807, 2.05) is 0 Å². The van der Waals surface area contributed by atoms with Gasteiger partial charge in [0, 0.05) is 12.4 Å². The van der Waals surface area contributed by atoms with Gasteiger partial charge in [0.05, 0.1) is 24.7 Å². The first-order valence-electron chi connectivity index (χ1n) is 10.2. The number of pyridine rings is 1. The molecule has 0 saturated carbocycles. The highest BCUT2D eigenvalue weighted by molar-refractivity contribution is 6.38. The first kappa shape index (κ1) is 25.6. The molecule has 0 radical (unpaired) electrons. The molecule has 0 bridgehead atoms. The van der Waals surface area contributed by atoms with Crippen LogP contribution in [0.1, 0.15) is 48.5 Å². The van der Waals surface area contributed by atoms with Crippen LogP contribution in [0.4, 0.5) is 21.1 Å². The van der Waals surface area contributed by atoms with Crippen molar-refractivity contribution in [2.24, 2.45) is 7.05 Å². The number of nitrogens with zero attached hydrogens (tertiary/aromatic N) is 4. The van der Waals surface area contributed by atoms with Gasteiger partial charge in [0.2, 0.25) is 0 Å². The minimum absolute atomic E-state index is 0.0342. The summed E-state index contributed by atoms with van der Waals surface area (Å²) in [6, 6.07) is 0. The van der Waals surface area contributed by atoms with Gasteiger partial charge < -0.3 is 19.5 Å². The fourth-order valence-corrected chi connectivity index (χ4v) is 2.65. The predicted molar refractivity (Wildman–Crippen MR) is 119 cm³/mol. The number of rotatable bonds is 3. The van der Waals surface area contributed by atoms with Crippen LogP contribution in [0.3, 0.4) is 0 Å². The highest BCUT2D eigenvalue weighted by Crippen LogP contribution is 2.31. The standard InChI is InChI=1S/C21H29N5O7/c1-9-31-17(28)16(27)24-13-11-22-15(14-12(13)10-23-25(14)8)26(18(29)32-20(2,3)4)19(30)33-21(5,6)7/h10-11H,9H2,1-8H3,(H,24,27). The van der Waals surface area contributed by atoms with Crippen LogP contribution in [0.5, 0.6) is 0 Å². The molecule has 0 aliphatic heterocycles. The van der Waals surface area contributed by atoms with E-state index in [2.05, 4.69) is 20.1 Å². The number of hydrogen-bond donors (Lipinski definition) is 1. The Labute approximate surface area is 191 Å². The summed E-state index contributed by atoms with van der Waals surface area (Å²) in [7, 11) is 1.56. The molecule has 0 fully saturated rings. The Kier molecular flexibility index (Phi) is 7.30. The van der Waals surface area contributed by atoms with E-state index in [1.165, 1.54) is 17.1 Å². The first-order valence-corrected chi connectivity index (χ1v) is 10.2. The molecule has 2 heterocycles. The van der Waals surface area contributed by atoms with Crippen molar-refractivity contribution in [3.63, 3.8) is 0 Å². The molecule has 1 N–H and O–H groups in total. The van der Waals surface area contributed by atoms with Crippen LogP contribution in [0.25, 0.3) is 10.9 Å². The number of carbonyl (C=O) groups is 4. The van der Waals surface area contributed by atoms with Crippen molar-refractivity contribution in [3.8, 4) is 0 Å². The molecule has 12 nitrogen and oxygen atoms in total. The largest absolute Gasteiger partial charge is 0.459 e. The van der Waals surface area contributed by atoms with Gasteiger partial charge in [-0.25, -0.2) is 19.4 Å². The number of nitrogens with one attached hydrogen (secondary N) is 1. The maximum atomic E-state index is 13.0. The van der Waals surface area contributed by atoms with Crippen LogP contribution in [-0.4, -0.2) is 56.6 Å². The zero-order valence-corrected chi connectivity index (χ0v) is 20.0. The molecule has 2 rings (SSSR count). The third-order valence-electron chi connectivity index (χ3n) is 3.83. The Balaban J connectivity index is 2.60. The lowest BCUT2D eigenvalue weighted by atomic mass is 10.2. The second-order valence-electron chi connectivity index (χ2n) is 9.00. The van der Waals surface area contributed by atoms with E-state index in [0.29, 0.717) is 10.3 Å². The van der Waals surface area contributed by atoms with Crippen molar-refractivity contribution in [2.75, 3.05) is 16.8 Å². The Morgan fingerprint density at radius 3 is 2.03 bits per heavy atom. The minimum atomic E-state index is -1.07. The summed E-state index contributed by atoms with van der Waals surface area (Å²) >= 11 is 0. The van der Waals surface area contributed by atoms with E-state index in [9.17, 15) is 19.2 Å². The number of fused-ring (bicyclic) bond motifs is 1. The molecule has 0 saturated heterocycles. The Bertz CT molecular complexity index is 1050. The molecule has 2 aromatic rings. The highest BCUT2D eigenvalue weighted by atomic mass is 16.6. The van der Waals surface area contributed by atoms with Crippen molar-refractivity contribution in [2.45, 2.75) is 59.7 Å². The first-order chi connectivity index (χ1) is 15.1. The second-order valence-corrected chi connectivity index (χ2v) is 9.00. The fourth-order valence-electron chi connectivity index (χ4n) is 2.65. The minimum Gasteiger partial charge on any atom is -0.459 e. The lowest BCUT2D eigenvalue weighted by molar-refractivity contribution is -0.152. The maximum absolute atomic E-state index is 13.0. The van der Waals surface area contributed by atoms with Gasteiger partial charge in [-0.1, -0.05) is 0 Å². The van der Waals surface area contributed by atoms with Crippen LogP contribution >= 0.6 is 0 Å². The van der Waals surface area contributed by atoms with Crippen LogP contribution in [0.15, 0.2) is 12.4 Å². The molecular weight excluding hydrogens is 434 g/mol. The maximum Gasteiger partial charge on any atom is 0.425 e. The molecule has 33 heavy (non-hydrogen) atoms. The van der Waals surface area contributed by atoms with E-state index in [4.69, 9.17) is 9.47 Å². The van der Waals surface area contributed by atoms with Crippen LogP contribution in [0.2, 0.25) is 0 Å². The number of imide groups is 1. The van der Waals surface area contributed by atoms with Gasteiger partial charge in [0.1, 0.15) is 16.7 Å². The predicted octanol–water partition coefficient (Wildman–Crippen LogP) is 3.15. The third-order valence-corrected chi connectivity index (χ3v) is 3.83. The average molecular weight is 463 g/mol. The number of carbonyl (C=O) groups excluding carboxylic acids is 4. The second kappa shape index (κ2) is 9.43. The van der Waals surface area contributed by atoms with Crippen molar-refractivity contribution in [1.29, 1.82) is 0 Å². The molecule has 0 aromatic carbocycles. The molecule has 0 unspecified atom stereocenters. The molecule has 0 aliphatic rings. The lowest BCUT2D eigenvalue weighted by Gasteiger charge is -2.28. The third kappa shape index (κ3) is 6.40. The zero-order valence-electron chi connectivity index (χ0n) is 20.0.